The van der Waals surface area contributed by atoms with Gasteiger partial charge in [0.15, 0.2) is 0 Å². The first-order valence-electron chi connectivity index (χ1n) is 10.4. The van der Waals surface area contributed by atoms with Crippen molar-refractivity contribution >= 4 is 17.6 Å². The highest BCUT2D eigenvalue weighted by molar-refractivity contribution is 5.98. The first-order valence-corrected chi connectivity index (χ1v) is 10.4. The smallest absolute Gasteiger partial charge is 0.230 e. The Kier molecular flexibility index (Phi) is 5.84. The molecule has 1 aliphatic rings. The van der Waals surface area contributed by atoms with E-state index in [2.05, 4.69) is 10.3 Å². The molecule has 1 unspecified atom stereocenters. The average Bonchev–Trinajstić information content (AvgIpc) is 3.33. The van der Waals surface area contributed by atoms with Gasteiger partial charge in [-0.25, -0.2) is 9.37 Å². The third kappa shape index (κ3) is 4.50. The molecule has 1 atom stereocenters. The fraction of sp³-hybridized carbons (Fsp3) is 0.292. The third-order valence-electron chi connectivity index (χ3n) is 5.55. The maximum absolute atomic E-state index is 13.4. The molecule has 0 spiro atoms. The number of benzene rings is 2. The van der Waals surface area contributed by atoms with E-state index in [1.807, 2.05) is 48.7 Å². The lowest BCUT2D eigenvalue weighted by atomic mass is 10.1. The van der Waals surface area contributed by atoms with Crippen molar-refractivity contribution in [1.82, 2.24) is 14.5 Å². The van der Waals surface area contributed by atoms with Crippen molar-refractivity contribution in [3.05, 3.63) is 72.3 Å². The summed E-state index contributed by atoms with van der Waals surface area (Å²) in [7, 11) is 0. The summed E-state index contributed by atoms with van der Waals surface area (Å²) in [4.78, 5) is 31.6. The summed E-state index contributed by atoms with van der Waals surface area (Å²) >= 11 is 0. The van der Waals surface area contributed by atoms with E-state index in [9.17, 15) is 14.0 Å². The molecule has 0 radical (unpaired) electrons. The van der Waals surface area contributed by atoms with Gasteiger partial charge in [0.1, 0.15) is 17.3 Å². The molecular formula is C24H25FN4O2. The molecule has 3 aromatic rings. The fourth-order valence-corrected chi connectivity index (χ4v) is 3.86. The molecule has 7 heteroatoms. The second kappa shape index (κ2) is 8.71. The molecule has 4 rings (SSSR count). The quantitative estimate of drug-likeness (QED) is 0.657. The van der Waals surface area contributed by atoms with Gasteiger partial charge in [0.25, 0.3) is 0 Å². The predicted octanol–water partition coefficient (Wildman–Crippen LogP) is 3.93. The highest BCUT2D eigenvalue weighted by Crippen LogP contribution is 2.29. The maximum atomic E-state index is 13.4. The Balaban J connectivity index is 1.63. The predicted molar refractivity (Wildman–Crippen MR) is 117 cm³/mol. The molecule has 1 saturated heterocycles. The third-order valence-corrected chi connectivity index (χ3v) is 5.55. The van der Waals surface area contributed by atoms with Gasteiger partial charge in [0, 0.05) is 24.6 Å². The number of hydrogen-bond acceptors (Lipinski definition) is 3. The Morgan fingerprint density at radius 1 is 1.16 bits per heavy atom. The molecule has 0 bridgehead atoms. The number of nitrogens with zero attached hydrogens (tertiary/aromatic N) is 3. The van der Waals surface area contributed by atoms with E-state index in [-0.39, 0.29) is 30.1 Å². The molecular weight excluding hydrogens is 395 g/mol. The molecule has 2 amide bonds. The van der Waals surface area contributed by atoms with Gasteiger partial charge >= 0.3 is 0 Å². The second-order valence-corrected chi connectivity index (χ2v) is 8.09. The number of rotatable bonds is 6. The van der Waals surface area contributed by atoms with Crippen molar-refractivity contribution in [2.24, 2.45) is 5.92 Å². The van der Waals surface area contributed by atoms with Crippen molar-refractivity contribution in [1.29, 1.82) is 0 Å². The minimum absolute atomic E-state index is 0.00768. The highest BCUT2D eigenvalue weighted by Gasteiger charge is 2.36. The zero-order valence-corrected chi connectivity index (χ0v) is 17.6. The SMILES string of the molecule is CC(C)N1CC(C(=O)Nc2c(-c3ccc(F)cc3)ncn2Cc2ccccc2)CC1=O. The standard InChI is InChI=1S/C24H25FN4O2/c1-16(2)29-14-19(12-21(29)30)24(31)27-23-22(18-8-10-20(25)11-9-18)26-15-28(23)13-17-6-4-3-5-7-17/h3-11,15-16,19H,12-14H2,1-2H3,(H,27,31). The number of imidazole rings is 1. The Morgan fingerprint density at radius 3 is 2.52 bits per heavy atom. The van der Waals surface area contributed by atoms with Crippen LogP contribution < -0.4 is 5.32 Å². The van der Waals surface area contributed by atoms with Gasteiger partial charge < -0.3 is 14.8 Å². The van der Waals surface area contributed by atoms with Gasteiger partial charge in [-0.1, -0.05) is 30.3 Å². The maximum Gasteiger partial charge on any atom is 0.230 e. The average molecular weight is 420 g/mol. The molecule has 0 saturated carbocycles. The number of halogens is 1. The molecule has 6 nitrogen and oxygen atoms in total. The summed E-state index contributed by atoms with van der Waals surface area (Å²) in [5.74, 6) is -0.440. The summed E-state index contributed by atoms with van der Waals surface area (Å²) in [6, 6.07) is 15.9. The van der Waals surface area contributed by atoms with Crippen molar-refractivity contribution in [3.8, 4) is 11.3 Å². The molecule has 1 aliphatic heterocycles. The van der Waals surface area contributed by atoms with Crippen LogP contribution in [0.3, 0.4) is 0 Å². The van der Waals surface area contributed by atoms with Crippen molar-refractivity contribution < 1.29 is 14.0 Å². The van der Waals surface area contributed by atoms with Gasteiger partial charge in [0.2, 0.25) is 11.8 Å². The van der Waals surface area contributed by atoms with Gasteiger partial charge in [-0.15, -0.1) is 0 Å². The number of amides is 2. The normalized spacial score (nSPS) is 16.2. The number of anilines is 1. The van der Waals surface area contributed by atoms with E-state index in [0.717, 1.165) is 5.56 Å². The number of hydrogen-bond donors (Lipinski definition) is 1. The Hall–Kier alpha value is -3.48. The van der Waals surface area contributed by atoms with Crippen LogP contribution in [0, 0.1) is 11.7 Å². The van der Waals surface area contributed by atoms with Gasteiger partial charge in [0.05, 0.1) is 18.8 Å². The van der Waals surface area contributed by atoms with Crippen LogP contribution in [-0.4, -0.2) is 38.9 Å². The van der Waals surface area contributed by atoms with Crippen LogP contribution in [0.4, 0.5) is 10.2 Å². The Bertz CT molecular complexity index is 1080. The van der Waals surface area contributed by atoms with Gasteiger partial charge in [-0.2, -0.15) is 0 Å². The largest absolute Gasteiger partial charge is 0.339 e. The van der Waals surface area contributed by atoms with E-state index in [0.29, 0.717) is 30.2 Å². The fourth-order valence-electron chi connectivity index (χ4n) is 3.86. The van der Waals surface area contributed by atoms with E-state index >= 15 is 0 Å². The lowest BCUT2D eigenvalue weighted by Gasteiger charge is -2.21. The zero-order chi connectivity index (χ0) is 22.0. The summed E-state index contributed by atoms with van der Waals surface area (Å²) in [5.41, 5.74) is 2.33. The van der Waals surface area contributed by atoms with Crippen molar-refractivity contribution in [2.45, 2.75) is 32.9 Å². The van der Waals surface area contributed by atoms with Crippen molar-refractivity contribution in [2.75, 3.05) is 11.9 Å². The van der Waals surface area contributed by atoms with Crippen LogP contribution in [0.15, 0.2) is 60.9 Å². The topological polar surface area (TPSA) is 67.2 Å². The first kappa shape index (κ1) is 20.8. The number of carbonyl (C=O) groups excluding carboxylic acids is 2. The second-order valence-electron chi connectivity index (χ2n) is 8.09. The Morgan fingerprint density at radius 2 is 1.87 bits per heavy atom. The minimum Gasteiger partial charge on any atom is -0.339 e. The molecule has 160 valence electrons. The lowest BCUT2D eigenvalue weighted by molar-refractivity contribution is -0.129. The lowest BCUT2D eigenvalue weighted by Crippen LogP contribution is -2.33. The summed E-state index contributed by atoms with van der Waals surface area (Å²) in [6.45, 7) is 4.81. The number of carbonyl (C=O) groups is 2. The van der Waals surface area contributed by atoms with E-state index < -0.39 is 5.92 Å². The van der Waals surface area contributed by atoms with Crippen LogP contribution in [-0.2, 0) is 16.1 Å². The van der Waals surface area contributed by atoms with Crippen LogP contribution >= 0.6 is 0 Å². The molecule has 1 fully saturated rings. The van der Waals surface area contributed by atoms with Crippen LogP contribution in [0.25, 0.3) is 11.3 Å². The molecule has 2 aromatic carbocycles. The molecule has 31 heavy (non-hydrogen) atoms. The highest BCUT2D eigenvalue weighted by atomic mass is 19.1. The van der Waals surface area contributed by atoms with Crippen LogP contribution in [0.1, 0.15) is 25.8 Å². The summed E-state index contributed by atoms with van der Waals surface area (Å²) < 4.78 is 15.3. The van der Waals surface area contributed by atoms with E-state index in [4.69, 9.17) is 0 Å². The van der Waals surface area contributed by atoms with E-state index in [1.54, 1.807) is 23.4 Å². The van der Waals surface area contributed by atoms with Crippen LogP contribution in [0.5, 0.6) is 0 Å². The van der Waals surface area contributed by atoms with Gasteiger partial charge in [-0.3, -0.25) is 9.59 Å². The van der Waals surface area contributed by atoms with Gasteiger partial charge in [-0.05, 0) is 43.7 Å². The molecule has 1 N–H and O–H groups in total. The van der Waals surface area contributed by atoms with Crippen LogP contribution in [0.2, 0.25) is 0 Å². The summed E-state index contributed by atoms with van der Waals surface area (Å²) in [6.07, 6.45) is 1.87. The Labute approximate surface area is 180 Å². The number of likely N-dealkylation sites (tertiary alicyclic amines) is 1. The summed E-state index contributed by atoms with van der Waals surface area (Å²) in [5, 5.41) is 3.00. The first-order chi connectivity index (χ1) is 14.9. The number of aromatic nitrogens is 2. The molecule has 1 aromatic heterocycles. The minimum atomic E-state index is -0.420. The number of nitrogens with one attached hydrogen (secondary N) is 1. The van der Waals surface area contributed by atoms with E-state index in [1.165, 1.54) is 12.1 Å². The zero-order valence-electron chi connectivity index (χ0n) is 17.6. The molecule has 2 heterocycles. The molecule has 0 aliphatic carbocycles. The monoisotopic (exact) mass is 420 g/mol. The van der Waals surface area contributed by atoms with Crippen molar-refractivity contribution in [3.63, 3.8) is 0 Å².